The van der Waals surface area contributed by atoms with E-state index >= 15 is 0 Å². The number of carbonyl (C=O) groups is 4. The van der Waals surface area contributed by atoms with Gasteiger partial charge < -0.3 is 39.9 Å². The molecule has 0 spiro atoms. The zero-order valence-corrected chi connectivity index (χ0v) is 30.6. The van der Waals surface area contributed by atoms with Gasteiger partial charge in [-0.1, -0.05) is 52.0 Å². The first-order valence-electron chi connectivity index (χ1n) is 17.9. The Kier molecular flexibility index (Phi) is 10.8. The zero-order chi connectivity index (χ0) is 37.1. The zero-order valence-electron chi connectivity index (χ0n) is 30.6. The summed E-state index contributed by atoms with van der Waals surface area (Å²) >= 11 is 0. The number of hydrogen-bond acceptors (Lipinski definition) is 8. The van der Waals surface area contributed by atoms with Gasteiger partial charge in [0.2, 0.25) is 11.8 Å². The molecule has 0 bridgehead atoms. The number of ether oxygens (including phenoxy) is 2. The van der Waals surface area contributed by atoms with Gasteiger partial charge in [0.15, 0.2) is 0 Å². The van der Waals surface area contributed by atoms with Crippen molar-refractivity contribution in [2.45, 2.75) is 77.5 Å². The molecule has 4 atom stereocenters. The number of imidazole rings is 2. The quantitative estimate of drug-likeness (QED) is 0.162. The summed E-state index contributed by atoms with van der Waals surface area (Å²) in [6.07, 6.45) is 3.81. The van der Waals surface area contributed by atoms with Crippen LogP contribution in [-0.4, -0.2) is 93.1 Å². The van der Waals surface area contributed by atoms with Crippen molar-refractivity contribution in [3.8, 4) is 22.4 Å². The molecule has 0 saturated carbocycles. The second-order valence-corrected chi connectivity index (χ2v) is 14.2. The molecule has 2 saturated heterocycles. The Labute approximate surface area is 303 Å². The number of aromatic amines is 2. The van der Waals surface area contributed by atoms with Crippen LogP contribution in [0.25, 0.3) is 33.4 Å². The largest absolute Gasteiger partial charge is 0.453 e. The Morgan fingerprint density at radius 3 is 1.88 bits per heavy atom. The normalized spacial score (nSPS) is 18.5. The number of benzene rings is 2. The molecule has 0 radical (unpaired) electrons. The Bertz CT molecular complexity index is 1930. The average Bonchev–Trinajstić information content (AvgIpc) is 3.97. The highest BCUT2D eigenvalue weighted by Gasteiger charge is 2.39. The molecule has 276 valence electrons. The van der Waals surface area contributed by atoms with Crippen LogP contribution in [0.3, 0.4) is 0 Å². The fraction of sp³-hybridized carbons (Fsp3) is 0.474. The van der Waals surface area contributed by atoms with Crippen LogP contribution in [-0.2, 0) is 19.1 Å². The first kappa shape index (κ1) is 36.4. The molecule has 2 aliphatic heterocycles. The molecule has 4 aromatic rings. The minimum absolute atomic E-state index is 0.115. The number of H-pyrrole nitrogens is 2. The van der Waals surface area contributed by atoms with Crippen molar-refractivity contribution in [1.29, 1.82) is 0 Å². The number of nitrogens with one attached hydrogen (secondary N) is 4. The molecule has 2 unspecified atom stereocenters. The van der Waals surface area contributed by atoms with Gasteiger partial charge >= 0.3 is 12.2 Å². The maximum atomic E-state index is 13.6. The van der Waals surface area contributed by atoms with Gasteiger partial charge in [-0.25, -0.2) is 19.6 Å². The van der Waals surface area contributed by atoms with E-state index in [4.69, 9.17) is 19.4 Å². The number of alkyl carbamates (subject to hydrolysis) is 2. The minimum Gasteiger partial charge on any atom is -0.453 e. The number of aromatic nitrogens is 4. The molecular weight excluding hydrogens is 664 g/mol. The monoisotopic (exact) mass is 712 g/mol. The summed E-state index contributed by atoms with van der Waals surface area (Å²) in [5.74, 6) is 0.898. The lowest BCUT2D eigenvalue weighted by atomic mass is 10.0. The number of likely N-dealkylation sites (tertiary alicyclic amines) is 2. The van der Waals surface area contributed by atoms with Crippen LogP contribution < -0.4 is 10.6 Å². The van der Waals surface area contributed by atoms with Crippen LogP contribution in [0.1, 0.15) is 77.1 Å². The summed E-state index contributed by atoms with van der Waals surface area (Å²) in [4.78, 5) is 71.3. The fourth-order valence-electron chi connectivity index (χ4n) is 7.27. The molecule has 2 aromatic heterocycles. The third kappa shape index (κ3) is 7.46. The lowest BCUT2D eigenvalue weighted by molar-refractivity contribution is -0.136. The Balaban J connectivity index is 1.20. The van der Waals surface area contributed by atoms with Crippen molar-refractivity contribution in [3.05, 3.63) is 60.3 Å². The predicted molar refractivity (Wildman–Crippen MR) is 195 cm³/mol. The van der Waals surface area contributed by atoms with Crippen molar-refractivity contribution >= 4 is 35.0 Å². The van der Waals surface area contributed by atoms with Gasteiger partial charge in [0.1, 0.15) is 23.7 Å². The van der Waals surface area contributed by atoms with Gasteiger partial charge in [0.05, 0.1) is 43.0 Å². The average molecular weight is 713 g/mol. The van der Waals surface area contributed by atoms with Crippen LogP contribution in [0.5, 0.6) is 0 Å². The van der Waals surface area contributed by atoms with E-state index in [1.54, 1.807) is 4.90 Å². The van der Waals surface area contributed by atoms with Gasteiger partial charge in [-0.2, -0.15) is 0 Å². The Morgan fingerprint density at radius 1 is 0.750 bits per heavy atom. The standard InChI is InChI=1S/C38H48N8O6/c1-21(2)31(43-37(49)51-5)35(47)45-16-8-12-29(45)33-39-20-28(42-33)25-11-7-10-23(18-25)24-14-15-26-27(19-24)41-34(40-26)30-13-9-17-46(30)36(48)32(22(3)4)44-38(50)52-6/h7,10-11,14-15,18-22,29-32H,8-9,12-13,16-17H2,1-6H3,(H,39,42)(H,40,41)(H,43,49)(H,44,50)/t29-,30-,31?,32?/m0/s1. The highest BCUT2D eigenvalue weighted by atomic mass is 16.5. The third-order valence-electron chi connectivity index (χ3n) is 10.1. The maximum absolute atomic E-state index is 13.6. The van der Waals surface area contributed by atoms with Crippen molar-refractivity contribution in [1.82, 2.24) is 40.4 Å². The van der Waals surface area contributed by atoms with E-state index < -0.39 is 24.3 Å². The van der Waals surface area contributed by atoms with E-state index in [9.17, 15) is 19.2 Å². The van der Waals surface area contributed by atoms with Gasteiger partial charge in [0.25, 0.3) is 0 Å². The fourth-order valence-corrected chi connectivity index (χ4v) is 7.27. The predicted octanol–water partition coefficient (Wildman–Crippen LogP) is 5.71. The molecule has 4 N–H and O–H groups in total. The lowest BCUT2D eigenvalue weighted by Crippen LogP contribution is -2.51. The molecule has 2 aliphatic rings. The van der Waals surface area contributed by atoms with E-state index in [0.717, 1.165) is 64.9 Å². The van der Waals surface area contributed by atoms with Gasteiger partial charge in [-0.3, -0.25) is 9.59 Å². The molecular formula is C38H48N8O6. The molecule has 0 aliphatic carbocycles. The third-order valence-corrected chi connectivity index (χ3v) is 10.1. The van der Waals surface area contributed by atoms with Gasteiger partial charge in [0, 0.05) is 24.8 Å². The van der Waals surface area contributed by atoms with E-state index in [1.807, 2.05) is 69.1 Å². The summed E-state index contributed by atoms with van der Waals surface area (Å²) in [5.41, 5.74) is 5.34. The van der Waals surface area contributed by atoms with E-state index in [1.165, 1.54) is 14.2 Å². The maximum Gasteiger partial charge on any atom is 0.407 e. The number of hydrogen-bond donors (Lipinski definition) is 4. The molecule has 2 fully saturated rings. The van der Waals surface area contributed by atoms with Crippen molar-refractivity contribution < 1.29 is 28.7 Å². The van der Waals surface area contributed by atoms with Gasteiger partial charge in [-0.05, 0) is 66.8 Å². The molecule has 4 amide bonds. The van der Waals surface area contributed by atoms with E-state index in [2.05, 4.69) is 32.7 Å². The summed E-state index contributed by atoms with van der Waals surface area (Å²) in [6, 6.07) is 12.4. The minimum atomic E-state index is -0.700. The van der Waals surface area contributed by atoms with Crippen LogP contribution in [0.15, 0.2) is 48.7 Å². The molecule has 2 aromatic carbocycles. The van der Waals surface area contributed by atoms with E-state index in [-0.39, 0.29) is 35.7 Å². The number of rotatable bonds is 10. The summed E-state index contributed by atoms with van der Waals surface area (Å²) in [6.45, 7) is 8.75. The highest BCUT2D eigenvalue weighted by Crippen LogP contribution is 2.35. The summed E-state index contributed by atoms with van der Waals surface area (Å²) < 4.78 is 9.52. The smallest absolute Gasteiger partial charge is 0.407 e. The first-order valence-corrected chi connectivity index (χ1v) is 17.9. The number of carbonyl (C=O) groups excluding carboxylic acids is 4. The SMILES string of the molecule is COC(=O)NC(C(=O)N1CCC[C@H]1c1nc(-c2cccc(-c3ccc4nc([C@@H]5CCCN5C(=O)C(NC(=O)OC)C(C)C)[nH]c4c3)c2)c[nH]1)C(C)C. The molecule has 4 heterocycles. The van der Waals surface area contributed by atoms with Crippen LogP contribution in [0.2, 0.25) is 0 Å². The van der Waals surface area contributed by atoms with Gasteiger partial charge in [-0.15, -0.1) is 0 Å². The Hall–Kier alpha value is -5.40. The topological polar surface area (TPSA) is 175 Å². The number of amides is 4. The van der Waals surface area contributed by atoms with Crippen LogP contribution in [0.4, 0.5) is 9.59 Å². The van der Waals surface area contributed by atoms with Crippen molar-refractivity contribution in [2.24, 2.45) is 11.8 Å². The molecule has 6 rings (SSSR count). The summed E-state index contributed by atoms with van der Waals surface area (Å²) in [7, 11) is 2.57. The van der Waals surface area contributed by atoms with Crippen LogP contribution >= 0.6 is 0 Å². The number of fused-ring (bicyclic) bond motifs is 1. The molecule has 52 heavy (non-hydrogen) atoms. The second-order valence-electron chi connectivity index (χ2n) is 14.2. The first-order chi connectivity index (χ1) is 25.0. The van der Waals surface area contributed by atoms with Crippen LogP contribution in [0, 0.1) is 11.8 Å². The van der Waals surface area contributed by atoms with Crippen molar-refractivity contribution in [3.63, 3.8) is 0 Å². The van der Waals surface area contributed by atoms with Crippen molar-refractivity contribution in [2.75, 3.05) is 27.3 Å². The van der Waals surface area contributed by atoms with E-state index in [0.29, 0.717) is 18.9 Å². The second kappa shape index (κ2) is 15.5. The molecule has 14 nitrogen and oxygen atoms in total. The summed E-state index contributed by atoms with van der Waals surface area (Å²) in [5, 5.41) is 5.39. The Morgan fingerprint density at radius 2 is 1.31 bits per heavy atom. The lowest BCUT2D eigenvalue weighted by Gasteiger charge is -2.29. The highest BCUT2D eigenvalue weighted by molar-refractivity contribution is 5.88. The number of methoxy groups -OCH3 is 2. The molecule has 14 heteroatoms. The number of nitrogens with zero attached hydrogens (tertiary/aromatic N) is 4.